The maximum atomic E-state index is 11.9. The molecule has 0 radical (unpaired) electrons. The third kappa shape index (κ3) is 4.04. The third-order valence-corrected chi connectivity index (χ3v) is 3.20. The second-order valence-electron chi connectivity index (χ2n) is 4.66. The standard InChI is InChI=1S/C14H18N2O4/c1-19-14(18)11-2-4-12(5-3-11)15-13(17)10-16-6-8-20-9-7-16/h2-5H,6-10H2,1H3,(H,15,17)/p+1. The number of quaternary nitrogens is 1. The van der Waals surface area contributed by atoms with E-state index >= 15 is 0 Å². The fraction of sp³-hybridized carbons (Fsp3) is 0.429. The number of rotatable bonds is 4. The topological polar surface area (TPSA) is 69.1 Å². The smallest absolute Gasteiger partial charge is 0.337 e. The van der Waals surface area contributed by atoms with Gasteiger partial charge < -0.3 is 19.7 Å². The molecule has 1 aliphatic rings. The Morgan fingerprint density at radius 3 is 2.50 bits per heavy atom. The molecule has 1 amide bonds. The highest BCUT2D eigenvalue weighted by molar-refractivity contribution is 5.93. The van der Waals surface area contributed by atoms with Crippen molar-refractivity contribution in [3.63, 3.8) is 0 Å². The molecule has 1 aromatic rings. The monoisotopic (exact) mass is 279 g/mol. The Morgan fingerprint density at radius 1 is 1.25 bits per heavy atom. The summed E-state index contributed by atoms with van der Waals surface area (Å²) >= 11 is 0. The van der Waals surface area contributed by atoms with Crippen molar-refractivity contribution in [1.82, 2.24) is 0 Å². The molecule has 0 unspecified atom stereocenters. The van der Waals surface area contributed by atoms with Crippen molar-refractivity contribution in [3.05, 3.63) is 29.8 Å². The van der Waals surface area contributed by atoms with E-state index in [9.17, 15) is 9.59 Å². The molecule has 2 N–H and O–H groups in total. The van der Waals surface area contributed by atoms with E-state index in [-0.39, 0.29) is 11.9 Å². The number of morpholine rings is 1. The van der Waals surface area contributed by atoms with Gasteiger partial charge in [0.1, 0.15) is 13.1 Å². The summed E-state index contributed by atoms with van der Waals surface area (Å²) in [6, 6.07) is 6.64. The van der Waals surface area contributed by atoms with Gasteiger partial charge in [-0.3, -0.25) is 4.79 Å². The number of amides is 1. The maximum Gasteiger partial charge on any atom is 0.337 e. The molecular formula is C14H19N2O4+. The quantitative estimate of drug-likeness (QED) is 0.717. The van der Waals surface area contributed by atoms with Crippen LogP contribution in [-0.4, -0.2) is 51.8 Å². The van der Waals surface area contributed by atoms with Crippen LogP contribution in [0.3, 0.4) is 0 Å². The highest BCUT2D eigenvalue weighted by Crippen LogP contribution is 2.09. The summed E-state index contributed by atoms with van der Waals surface area (Å²) in [5.41, 5.74) is 1.14. The van der Waals surface area contributed by atoms with Gasteiger partial charge in [0.05, 0.1) is 25.9 Å². The lowest BCUT2D eigenvalue weighted by atomic mass is 10.2. The zero-order chi connectivity index (χ0) is 14.4. The van der Waals surface area contributed by atoms with Crippen LogP contribution in [0.2, 0.25) is 0 Å². The molecular weight excluding hydrogens is 260 g/mol. The molecule has 1 saturated heterocycles. The molecule has 6 nitrogen and oxygen atoms in total. The summed E-state index contributed by atoms with van der Waals surface area (Å²) in [7, 11) is 1.34. The largest absolute Gasteiger partial charge is 0.465 e. The molecule has 1 fully saturated rings. The zero-order valence-electron chi connectivity index (χ0n) is 11.5. The molecule has 0 bridgehead atoms. The van der Waals surface area contributed by atoms with Crippen LogP contribution in [0.25, 0.3) is 0 Å². The van der Waals surface area contributed by atoms with E-state index in [0.717, 1.165) is 13.1 Å². The normalized spacial score (nSPS) is 15.7. The van der Waals surface area contributed by atoms with Crippen LogP contribution < -0.4 is 10.2 Å². The molecule has 0 atom stereocenters. The number of carbonyl (C=O) groups excluding carboxylic acids is 2. The number of benzene rings is 1. The van der Waals surface area contributed by atoms with Crippen LogP contribution in [0.15, 0.2) is 24.3 Å². The van der Waals surface area contributed by atoms with Gasteiger partial charge in [0.25, 0.3) is 5.91 Å². The van der Waals surface area contributed by atoms with Gasteiger partial charge in [-0.2, -0.15) is 0 Å². The summed E-state index contributed by atoms with van der Waals surface area (Å²) < 4.78 is 9.87. The van der Waals surface area contributed by atoms with Gasteiger partial charge in [0, 0.05) is 5.69 Å². The Hall–Kier alpha value is -1.92. The molecule has 1 aliphatic heterocycles. The van der Waals surface area contributed by atoms with E-state index < -0.39 is 0 Å². The van der Waals surface area contributed by atoms with Crippen LogP contribution in [0.5, 0.6) is 0 Å². The molecule has 6 heteroatoms. The third-order valence-electron chi connectivity index (χ3n) is 3.20. The lowest BCUT2D eigenvalue weighted by Gasteiger charge is -2.23. The summed E-state index contributed by atoms with van der Waals surface area (Å²) in [4.78, 5) is 24.4. The second-order valence-corrected chi connectivity index (χ2v) is 4.66. The van der Waals surface area contributed by atoms with Crippen molar-refractivity contribution in [2.45, 2.75) is 0 Å². The number of methoxy groups -OCH3 is 1. The van der Waals surface area contributed by atoms with Crippen molar-refractivity contribution in [2.24, 2.45) is 0 Å². The average Bonchev–Trinajstić information content (AvgIpc) is 2.48. The molecule has 0 spiro atoms. The lowest BCUT2D eigenvalue weighted by Crippen LogP contribution is -3.15. The zero-order valence-corrected chi connectivity index (χ0v) is 11.5. The van der Waals surface area contributed by atoms with Crippen molar-refractivity contribution in [1.29, 1.82) is 0 Å². The number of hydrogen-bond donors (Lipinski definition) is 2. The molecule has 1 heterocycles. The predicted molar refractivity (Wildman–Crippen MR) is 72.8 cm³/mol. The fourth-order valence-electron chi connectivity index (χ4n) is 2.08. The minimum atomic E-state index is -0.388. The molecule has 0 aliphatic carbocycles. The summed E-state index contributed by atoms with van der Waals surface area (Å²) in [6.45, 7) is 3.55. The highest BCUT2D eigenvalue weighted by atomic mass is 16.5. The second kappa shape index (κ2) is 7.02. The number of carbonyl (C=O) groups is 2. The van der Waals surface area contributed by atoms with Gasteiger partial charge in [0.15, 0.2) is 6.54 Å². The molecule has 108 valence electrons. The first-order valence-corrected chi connectivity index (χ1v) is 6.58. The number of ether oxygens (including phenoxy) is 2. The van der Waals surface area contributed by atoms with Gasteiger partial charge >= 0.3 is 5.97 Å². The molecule has 1 aromatic carbocycles. The van der Waals surface area contributed by atoms with E-state index in [1.54, 1.807) is 24.3 Å². The van der Waals surface area contributed by atoms with Gasteiger partial charge in [-0.25, -0.2) is 4.79 Å². The first kappa shape index (κ1) is 14.5. The van der Waals surface area contributed by atoms with E-state index in [1.807, 2.05) is 0 Å². The minimum Gasteiger partial charge on any atom is -0.465 e. The highest BCUT2D eigenvalue weighted by Gasteiger charge is 2.17. The Morgan fingerprint density at radius 2 is 1.90 bits per heavy atom. The first-order chi connectivity index (χ1) is 9.69. The maximum absolute atomic E-state index is 11.9. The van der Waals surface area contributed by atoms with Gasteiger partial charge in [-0.15, -0.1) is 0 Å². The van der Waals surface area contributed by atoms with Crippen LogP contribution >= 0.6 is 0 Å². The van der Waals surface area contributed by atoms with Crippen molar-refractivity contribution in [2.75, 3.05) is 45.3 Å². The van der Waals surface area contributed by atoms with E-state index in [4.69, 9.17) is 4.74 Å². The first-order valence-electron chi connectivity index (χ1n) is 6.58. The van der Waals surface area contributed by atoms with E-state index in [1.165, 1.54) is 12.0 Å². The van der Waals surface area contributed by atoms with Crippen LogP contribution in [0, 0.1) is 0 Å². The van der Waals surface area contributed by atoms with Crippen LogP contribution in [0.1, 0.15) is 10.4 Å². The summed E-state index contributed by atoms with van der Waals surface area (Å²) in [5, 5.41) is 2.82. The SMILES string of the molecule is COC(=O)c1ccc(NC(=O)C[NH+]2CCOCC2)cc1. The summed E-state index contributed by atoms with van der Waals surface area (Å²) in [6.07, 6.45) is 0. The number of anilines is 1. The van der Waals surface area contributed by atoms with Crippen molar-refractivity contribution < 1.29 is 24.0 Å². The van der Waals surface area contributed by atoms with Crippen molar-refractivity contribution >= 4 is 17.6 Å². The molecule has 0 aromatic heterocycles. The molecule has 20 heavy (non-hydrogen) atoms. The Balaban J connectivity index is 1.85. The molecule has 2 rings (SSSR count). The van der Waals surface area contributed by atoms with Crippen LogP contribution in [0.4, 0.5) is 5.69 Å². The number of nitrogens with one attached hydrogen (secondary N) is 2. The Labute approximate surface area is 117 Å². The van der Waals surface area contributed by atoms with E-state index in [0.29, 0.717) is 31.0 Å². The fourth-order valence-corrected chi connectivity index (χ4v) is 2.08. The van der Waals surface area contributed by atoms with E-state index in [2.05, 4.69) is 10.1 Å². The summed E-state index contributed by atoms with van der Waals surface area (Å²) in [5.74, 6) is -0.423. The van der Waals surface area contributed by atoms with Crippen LogP contribution in [-0.2, 0) is 14.3 Å². The Bertz CT molecular complexity index is 467. The number of hydrogen-bond acceptors (Lipinski definition) is 4. The number of esters is 1. The Kier molecular flexibility index (Phi) is 5.09. The average molecular weight is 279 g/mol. The minimum absolute atomic E-state index is 0.0345. The predicted octanol–water partition coefficient (Wildman–Crippen LogP) is -0.673. The molecule has 0 saturated carbocycles. The lowest BCUT2D eigenvalue weighted by molar-refractivity contribution is -0.899. The van der Waals surface area contributed by atoms with Gasteiger partial charge in [-0.1, -0.05) is 0 Å². The van der Waals surface area contributed by atoms with Gasteiger partial charge in [-0.05, 0) is 24.3 Å². The van der Waals surface area contributed by atoms with Crippen molar-refractivity contribution in [3.8, 4) is 0 Å². The van der Waals surface area contributed by atoms with Gasteiger partial charge in [0.2, 0.25) is 0 Å².